The molecule has 0 bridgehead atoms. The molecule has 3 nitrogen and oxygen atoms in total. The first-order chi connectivity index (χ1) is 9.06. The van der Waals surface area contributed by atoms with Crippen LogP contribution in [0.3, 0.4) is 0 Å². The lowest BCUT2D eigenvalue weighted by molar-refractivity contribution is 0.458. The summed E-state index contributed by atoms with van der Waals surface area (Å²) in [7, 11) is 0. The summed E-state index contributed by atoms with van der Waals surface area (Å²) in [5.41, 5.74) is 2.94. The van der Waals surface area contributed by atoms with Gasteiger partial charge in [-0.3, -0.25) is 0 Å². The first-order valence-electron chi connectivity index (χ1n) is 6.43. The molecule has 0 atom stereocenters. The molecule has 2 rings (SSSR count). The molecule has 2 aromatic rings. The smallest absolute Gasteiger partial charge is 0.126 e. The predicted octanol–water partition coefficient (Wildman–Crippen LogP) is 3.60. The summed E-state index contributed by atoms with van der Waals surface area (Å²) >= 11 is 0. The van der Waals surface area contributed by atoms with E-state index in [2.05, 4.69) is 0 Å². The highest BCUT2D eigenvalue weighted by Crippen LogP contribution is 2.40. The molecule has 19 heavy (non-hydrogen) atoms. The van der Waals surface area contributed by atoms with E-state index in [4.69, 9.17) is 0 Å². The number of phenols is 3. The third-order valence-electron chi connectivity index (χ3n) is 3.31. The van der Waals surface area contributed by atoms with Gasteiger partial charge in [0.1, 0.15) is 17.2 Å². The lowest BCUT2D eigenvalue weighted by Crippen LogP contribution is -1.91. The zero-order valence-corrected chi connectivity index (χ0v) is 11.1. The molecule has 0 unspecified atom stereocenters. The molecule has 3 N–H and O–H groups in total. The molecule has 0 saturated heterocycles. The van der Waals surface area contributed by atoms with Crippen molar-refractivity contribution in [1.82, 2.24) is 0 Å². The molecule has 0 aromatic heterocycles. The SMILES string of the molecule is CCc1cc(CC)c(O)c(-c2cc(O)ccc2O)c1. The molecule has 100 valence electrons. The van der Waals surface area contributed by atoms with E-state index in [0.717, 1.165) is 17.5 Å². The molecule has 0 fully saturated rings. The molecule has 0 aliphatic rings. The summed E-state index contributed by atoms with van der Waals surface area (Å²) in [4.78, 5) is 0. The first kappa shape index (κ1) is 13.3. The number of aryl methyl sites for hydroxylation is 2. The fraction of sp³-hybridized carbons (Fsp3) is 0.250. The normalized spacial score (nSPS) is 10.6. The number of aromatic hydroxyl groups is 3. The molecule has 0 aliphatic heterocycles. The molecule has 3 heteroatoms. The van der Waals surface area contributed by atoms with E-state index in [0.29, 0.717) is 17.5 Å². The Hall–Kier alpha value is -2.16. The van der Waals surface area contributed by atoms with E-state index < -0.39 is 0 Å². The van der Waals surface area contributed by atoms with Crippen LogP contribution in [0, 0.1) is 0 Å². The molecule has 0 spiro atoms. The zero-order valence-electron chi connectivity index (χ0n) is 11.1. The van der Waals surface area contributed by atoms with Crippen molar-refractivity contribution < 1.29 is 15.3 Å². The number of phenolic OH excluding ortho intramolecular Hbond substituents is 3. The Morgan fingerprint density at radius 1 is 0.842 bits per heavy atom. The summed E-state index contributed by atoms with van der Waals surface area (Å²) in [6.07, 6.45) is 1.56. The average Bonchev–Trinajstić information content (AvgIpc) is 2.42. The van der Waals surface area contributed by atoms with E-state index in [-0.39, 0.29) is 17.2 Å². The Labute approximate surface area is 112 Å². The van der Waals surface area contributed by atoms with Crippen LogP contribution in [0.5, 0.6) is 17.2 Å². The van der Waals surface area contributed by atoms with Crippen molar-refractivity contribution in [2.45, 2.75) is 26.7 Å². The van der Waals surface area contributed by atoms with Crippen molar-refractivity contribution in [2.75, 3.05) is 0 Å². The van der Waals surface area contributed by atoms with Crippen molar-refractivity contribution in [2.24, 2.45) is 0 Å². The van der Waals surface area contributed by atoms with Crippen LogP contribution in [0.4, 0.5) is 0 Å². The van der Waals surface area contributed by atoms with E-state index in [1.54, 1.807) is 0 Å². The van der Waals surface area contributed by atoms with Crippen molar-refractivity contribution in [3.8, 4) is 28.4 Å². The Morgan fingerprint density at radius 2 is 1.58 bits per heavy atom. The van der Waals surface area contributed by atoms with Gasteiger partial charge in [-0.15, -0.1) is 0 Å². The second kappa shape index (κ2) is 5.22. The fourth-order valence-electron chi connectivity index (χ4n) is 2.18. The van der Waals surface area contributed by atoms with Crippen LogP contribution < -0.4 is 0 Å². The lowest BCUT2D eigenvalue weighted by atomic mass is 9.95. The van der Waals surface area contributed by atoms with Crippen molar-refractivity contribution >= 4 is 0 Å². The molecule has 2 aromatic carbocycles. The lowest BCUT2D eigenvalue weighted by Gasteiger charge is -2.13. The number of rotatable bonds is 3. The molecular formula is C16H18O3. The van der Waals surface area contributed by atoms with Crippen LogP contribution in [0.2, 0.25) is 0 Å². The fourth-order valence-corrected chi connectivity index (χ4v) is 2.18. The molecule has 0 aliphatic carbocycles. The van der Waals surface area contributed by atoms with Crippen LogP contribution in [0.25, 0.3) is 11.1 Å². The third kappa shape index (κ3) is 2.50. The quantitative estimate of drug-likeness (QED) is 0.737. The zero-order chi connectivity index (χ0) is 14.0. The van der Waals surface area contributed by atoms with Crippen LogP contribution in [-0.2, 0) is 12.8 Å². The highest BCUT2D eigenvalue weighted by molar-refractivity contribution is 5.78. The number of benzene rings is 2. The minimum Gasteiger partial charge on any atom is -0.508 e. The van der Waals surface area contributed by atoms with Gasteiger partial charge in [-0.05, 0) is 48.2 Å². The maximum Gasteiger partial charge on any atom is 0.126 e. The van der Waals surface area contributed by atoms with Gasteiger partial charge in [0, 0.05) is 11.1 Å². The van der Waals surface area contributed by atoms with Crippen LogP contribution in [-0.4, -0.2) is 15.3 Å². The molecular weight excluding hydrogens is 240 g/mol. The Bertz CT molecular complexity index is 603. The summed E-state index contributed by atoms with van der Waals surface area (Å²) in [6, 6.07) is 8.12. The monoisotopic (exact) mass is 258 g/mol. The third-order valence-corrected chi connectivity index (χ3v) is 3.31. The summed E-state index contributed by atoms with van der Waals surface area (Å²) < 4.78 is 0. The van der Waals surface area contributed by atoms with Crippen LogP contribution in [0.15, 0.2) is 30.3 Å². The molecule has 0 radical (unpaired) electrons. The van der Waals surface area contributed by atoms with Crippen LogP contribution in [0.1, 0.15) is 25.0 Å². The number of hydrogen-bond acceptors (Lipinski definition) is 3. The van der Waals surface area contributed by atoms with E-state index in [9.17, 15) is 15.3 Å². The highest BCUT2D eigenvalue weighted by Gasteiger charge is 2.14. The van der Waals surface area contributed by atoms with Gasteiger partial charge >= 0.3 is 0 Å². The maximum atomic E-state index is 10.3. The van der Waals surface area contributed by atoms with E-state index >= 15 is 0 Å². The van der Waals surface area contributed by atoms with E-state index in [1.807, 2.05) is 26.0 Å². The van der Waals surface area contributed by atoms with E-state index in [1.165, 1.54) is 18.2 Å². The second-order valence-electron chi connectivity index (χ2n) is 4.56. The minimum absolute atomic E-state index is 0.0448. The van der Waals surface area contributed by atoms with Gasteiger partial charge < -0.3 is 15.3 Å². The largest absolute Gasteiger partial charge is 0.508 e. The summed E-state index contributed by atoms with van der Waals surface area (Å²) in [5.74, 6) is 0.274. The average molecular weight is 258 g/mol. The van der Waals surface area contributed by atoms with Gasteiger partial charge in [0.05, 0.1) is 0 Å². The molecule has 0 heterocycles. The standard InChI is InChI=1S/C16H18O3/c1-3-10-7-11(4-2)16(19)14(8-10)13-9-12(17)5-6-15(13)18/h5-9,17-19H,3-4H2,1-2H3. The first-order valence-corrected chi connectivity index (χ1v) is 6.43. The topological polar surface area (TPSA) is 60.7 Å². The maximum absolute atomic E-state index is 10.3. The Morgan fingerprint density at radius 3 is 2.21 bits per heavy atom. The van der Waals surface area contributed by atoms with Gasteiger partial charge in [-0.25, -0.2) is 0 Å². The van der Waals surface area contributed by atoms with Gasteiger partial charge in [-0.1, -0.05) is 19.9 Å². The van der Waals surface area contributed by atoms with Crippen molar-refractivity contribution in [3.63, 3.8) is 0 Å². The minimum atomic E-state index is 0.0448. The Balaban J connectivity index is 2.70. The number of hydrogen-bond donors (Lipinski definition) is 3. The Kier molecular flexibility index (Phi) is 3.65. The van der Waals surface area contributed by atoms with Gasteiger partial charge in [0.15, 0.2) is 0 Å². The summed E-state index contributed by atoms with van der Waals surface area (Å²) in [5, 5.41) is 29.8. The van der Waals surface area contributed by atoms with Gasteiger partial charge in [0.2, 0.25) is 0 Å². The van der Waals surface area contributed by atoms with Crippen molar-refractivity contribution in [3.05, 3.63) is 41.5 Å². The second-order valence-corrected chi connectivity index (χ2v) is 4.56. The highest BCUT2D eigenvalue weighted by atomic mass is 16.3. The van der Waals surface area contributed by atoms with Crippen molar-refractivity contribution in [1.29, 1.82) is 0 Å². The molecule has 0 amide bonds. The van der Waals surface area contributed by atoms with Gasteiger partial charge in [-0.2, -0.15) is 0 Å². The van der Waals surface area contributed by atoms with Gasteiger partial charge in [0.25, 0.3) is 0 Å². The predicted molar refractivity (Wildman–Crippen MR) is 75.6 cm³/mol. The molecule has 0 saturated carbocycles. The van der Waals surface area contributed by atoms with Crippen LogP contribution >= 0.6 is 0 Å². The summed E-state index contributed by atoms with van der Waals surface area (Å²) in [6.45, 7) is 4.01.